The first-order valence-corrected chi connectivity index (χ1v) is 9.71. The minimum Gasteiger partial charge on any atom is -0.467 e. The summed E-state index contributed by atoms with van der Waals surface area (Å²) in [5, 5.41) is 4.50. The van der Waals surface area contributed by atoms with E-state index in [-0.39, 0.29) is 12.8 Å². The zero-order chi connectivity index (χ0) is 20.5. The summed E-state index contributed by atoms with van der Waals surface area (Å²) in [6, 6.07) is 18.6. The standard InChI is InChI=1S/C22H26N2O5/c1-27-21(25)19(23-22(26)28-16-17-10-4-2-5-11-17)14-8-9-15-24-20(29-24)18-12-6-3-7-13-18/h2-7,10-13,19-20H,8-9,14-16H2,1H3,(H,23,26)/t19-,20+,24?/m0/s1. The Bertz CT molecular complexity index is 784. The van der Waals surface area contributed by atoms with E-state index in [9.17, 15) is 9.59 Å². The molecule has 29 heavy (non-hydrogen) atoms. The number of amides is 1. The van der Waals surface area contributed by atoms with Crippen molar-refractivity contribution in [2.45, 2.75) is 38.1 Å². The first-order valence-electron chi connectivity index (χ1n) is 9.71. The fourth-order valence-electron chi connectivity index (χ4n) is 3.03. The molecule has 1 amide bonds. The Balaban J connectivity index is 1.36. The number of esters is 1. The maximum Gasteiger partial charge on any atom is 0.408 e. The molecule has 7 nitrogen and oxygen atoms in total. The van der Waals surface area contributed by atoms with Gasteiger partial charge in [0, 0.05) is 6.54 Å². The zero-order valence-electron chi connectivity index (χ0n) is 16.5. The molecule has 1 unspecified atom stereocenters. The molecule has 2 aromatic carbocycles. The van der Waals surface area contributed by atoms with Crippen LogP contribution in [0.25, 0.3) is 0 Å². The average molecular weight is 398 g/mol. The Morgan fingerprint density at radius 1 is 1.07 bits per heavy atom. The summed E-state index contributed by atoms with van der Waals surface area (Å²) >= 11 is 0. The number of rotatable bonds is 10. The Morgan fingerprint density at radius 3 is 2.45 bits per heavy atom. The van der Waals surface area contributed by atoms with Crippen LogP contribution in [0.1, 0.15) is 36.6 Å². The van der Waals surface area contributed by atoms with Gasteiger partial charge in [0.15, 0.2) is 6.23 Å². The molecule has 0 aliphatic carbocycles. The monoisotopic (exact) mass is 398 g/mol. The molecule has 1 aliphatic rings. The number of hydrogen-bond acceptors (Lipinski definition) is 6. The number of hydroxylamine groups is 2. The number of carbonyl (C=O) groups excluding carboxylic acids is 2. The SMILES string of the molecule is COC(=O)[C@H](CCCCN1O[C@@H]1c1ccccc1)NC(=O)OCc1ccccc1. The van der Waals surface area contributed by atoms with Gasteiger partial charge in [-0.2, -0.15) is 5.06 Å². The Labute approximate surface area is 170 Å². The van der Waals surface area contributed by atoms with Gasteiger partial charge < -0.3 is 14.8 Å². The van der Waals surface area contributed by atoms with Crippen LogP contribution in [-0.2, 0) is 25.7 Å². The summed E-state index contributed by atoms with van der Waals surface area (Å²) in [7, 11) is 1.31. The number of hydrogen-bond donors (Lipinski definition) is 1. The lowest BCUT2D eigenvalue weighted by molar-refractivity contribution is -0.143. The van der Waals surface area contributed by atoms with Crippen LogP contribution >= 0.6 is 0 Å². The fourth-order valence-corrected chi connectivity index (χ4v) is 3.03. The first kappa shape index (κ1) is 20.8. The van der Waals surface area contributed by atoms with E-state index in [0.29, 0.717) is 6.42 Å². The summed E-state index contributed by atoms with van der Waals surface area (Å²) in [6.07, 6.45) is 1.41. The van der Waals surface area contributed by atoms with Crippen molar-refractivity contribution in [3.05, 3.63) is 71.8 Å². The van der Waals surface area contributed by atoms with E-state index in [1.165, 1.54) is 7.11 Å². The molecule has 0 spiro atoms. The maximum atomic E-state index is 12.0. The molecule has 0 radical (unpaired) electrons. The lowest BCUT2D eigenvalue weighted by Crippen LogP contribution is -2.41. The molecular weight excluding hydrogens is 372 g/mol. The van der Waals surface area contributed by atoms with E-state index in [0.717, 1.165) is 30.5 Å². The van der Waals surface area contributed by atoms with Gasteiger partial charge in [-0.1, -0.05) is 60.7 Å². The largest absolute Gasteiger partial charge is 0.467 e. The number of methoxy groups -OCH3 is 1. The third kappa shape index (κ3) is 6.58. The summed E-state index contributed by atoms with van der Waals surface area (Å²) in [5.41, 5.74) is 2.01. The maximum absolute atomic E-state index is 12.0. The normalized spacial score (nSPS) is 18.5. The lowest BCUT2D eigenvalue weighted by atomic mass is 10.1. The van der Waals surface area contributed by atoms with Gasteiger partial charge in [-0.15, -0.1) is 0 Å². The molecule has 0 bridgehead atoms. The van der Waals surface area contributed by atoms with Crippen LogP contribution in [0.3, 0.4) is 0 Å². The minimum absolute atomic E-state index is 0.0127. The Kier molecular flexibility index (Phi) is 7.61. The first-order chi connectivity index (χ1) is 14.2. The molecule has 1 N–H and O–H groups in total. The van der Waals surface area contributed by atoms with E-state index in [1.54, 1.807) is 0 Å². The second-order valence-electron chi connectivity index (χ2n) is 6.79. The predicted octanol–water partition coefficient (Wildman–Crippen LogP) is 3.57. The molecule has 7 heteroatoms. The Hall–Kier alpha value is -2.90. The predicted molar refractivity (Wildman–Crippen MR) is 106 cm³/mol. The molecule has 1 fully saturated rings. The van der Waals surface area contributed by atoms with E-state index >= 15 is 0 Å². The van der Waals surface area contributed by atoms with Crippen LogP contribution in [0.2, 0.25) is 0 Å². The third-order valence-corrected chi connectivity index (χ3v) is 4.65. The van der Waals surface area contributed by atoms with Gasteiger partial charge >= 0.3 is 12.1 Å². The topological polar surface area (TPSA) is 80.2 Å². The molecule has 154 valence electrons. The van der Waals surface area contributed by atoms with Crippen molar-refractivity contribution in [2.75, 3.05) is 13.7 Å². The van der Waals surface area contributed by atoms with Crippen LogP contribution in [0.4, 0.5) is 4.79 Å². The van der Waals surface area contributed by atoms with Gasteiger partial charge in [0.05, 0.1) is 7.11 Å². The molecule has 3 atom stereocenters. The zero-order valence-corrected chi connectivity index (χ0v) is 16.5. The van der Waals surface area contributed by atoms with Crippen LogP contribution in [0.15, 0.2) is 60.7 Å². The number of ether oxygens (including phenoxy) is 2. The van der Waals surface area contributed by atoms with Crippen molar-refractivity contribution < 1.29 is 23.9 Å². The number of nitrogens with zero attached hydrogens (tertiary/aromatic N) is 1. The average Bonchev–Trinajstić information content (AvgIpc) is 3.55. The second kappa shape index (κ2) is 10.6. The van der Waals surface area contributed by atoms with Crippen molar-refractivity contribution in [1.29, 1.82) is 0 Å². The molecule has 2 aromatic rings. The van der Waals surface area contributed by atoms with Crippen molar-refractivity contribution in [1.82, 2.24) is 10.4 Å². The fraction of sp³-hybridized carbons (Fsp3) is 0.364. The molecule has 3 rings (SSSR count). The van der Waals surface area contributed by atoms with Gasteiger partial charge in [0.2, 0.25) is 0 Å². The van der Waals surface area contributed by atoms with Crippen molar-refractivity contribution in [3.8, 4) is 0 Å². The summed E-state index contributed by atoms with van der Waals surface area (Å²) in [4.78, 5) is 29.6. The highest BCUT2D eigenvalue weighted by Crippen LogP contribution is 2.36. The van der Waals surface area contributed by atoms with E-state index in [4.69, 9.17) is 14.3 Å². The van der Waals surface area contributed by atoms with Crippen LogP contribution in [-0.4, -0.2) is 36.8 Å². The number of benzene rings is 2. The van der Waals surface area contributed by atoms with Gasteiger partial charge in [-0.3, -0.25) is 4.84 Å². The lowest BCUT2D eigenvalue weighted by Gasteiger charge is -2.16. The highest BCUT2D eigenvalue weighted by molar-refractivity contribution is 5.81. The molecule has 0 saturated carbocycles. The number of alkyl carbamates (subject to hydrolysis) is 1. The third-order valence-electron chi connectivity index (χ3n) is 4.65. The van der Waals surface area contributed by atoms with Crippen LogP contribution in [0, 0.1) is 0 Å². The molecular formula is C22H26N2O5. The van der Waals surface area contributed by atoms with Crippen molar-refractivity contribution in [3.63, 3.8) is 0 Å². The molecule has 1 heterocycles. The number of unbranched alkanes of at least 4 members (excludes halogenated alkanes) is 1. The van der Waals surface area contributed by atoms with E-state index < -0.39 is 18.1 Å². The highest BCUT2D eigenvalue weighted by atomic mass is 16.8. The van der Waals surface area contributed by atoms with Crippen molar-refractivity contribution in [2.24, 2.45) is 0 Å². The van der Waals surface area contributed by atoms with Gasteiger partial charge in [0.25, 0.3) is 0 Å². The highest BCUT2D eigenvalue weighted by Gasteiger charge is 2.37. The summed E-state index contributed by atoms with van der Waals surface area (Å²) in [5.74, 6) is -0.480. The smallest absolute Gasteiger partial charge is 0.408 e. The van der Waals surface area contributed by atoms with Crippen molar-refractivity contribution >= 4 is 12.1 Å². The van der Waals surface area contributed by atoms with E-state index in [2.05, 4.69) is 5.32 Å². The summed E-state index contributed by atoms with van der Waals surface area (Å²) in [6.45, 7) is 0.902. The Morgan fingerprint density at radius 2 is 1.76 bits per heavy atom. The van der Waals surface area contributed by atoms with Gasteiger partial charge in [0.1, 0.15) is 12.6 Å². The second-order valence-corrected chi connectivity index (χ2v) is 6.79. The van der Waals surface area contributed by atoms with E-state index in [1.807, 2.05) is 65.7 Å². The molecule has 1 aliphatic heterocycles. The summed E-state index contributed by atoms with van der Waals surface area (Å²) < 4.78 is 9.98. The number of nitrogens with one attached hydrogen (secondary N) is 1. The molecule has 1 saturated heterocycles. The van der Waals surface area contributed by atoms with Crippen LogP contribution < -0.4 is 5.32 Å². The quantitative estimate of drug-likeness (QED) is 0.374. The minimum atomic E-state index is -0.733. The van der Waals surface area contributed by atoms with Gasteiger partial charge in [-0.05, 0) is 30.4 Å². The van der Waals surface area contributed by atoms with Crippen LogP contribution in [0.5, 0.6) is 0 Å². The van der Waals surface area contributed by atoms with Gasteiger partial charge in [-0.25, -0.2) is 9.59 Å². The number of carbonyl (C=O) groups is 2. The molecule has 0 aromatic heterocycles.